The quantitative estimate of drug-likeness (QED) is 0.664. The van der Waals surface area contributed by atoms with E-state index in [-0.39, 0.29) is 23.8 Å². The van der Waals surface area contributed by atoms with Gasteiger partial charge in [-0.05, 0) is 31.6 Å². The van der Waals surface area contributed by atoms with E-state index in [1.807, 2.05) is 13.8 Å². The molecule has 5 heteroatoms. The number of rotatable bonds is 5. The number of nitrogens with one attached hydrogen (secondary N) is 2. The molecule has 0 heterocycles. The molecule has 2 amide bonds. The molecule has 0 bridgehead atoms. The fourth-order valence-electron chi connectivity index (χ4n) is 2.42. The fourth-order valence-corrected chi connectivity index (χ4v) is 2.42. The van der Waals surface area contributed by atoms with Crippen molar-refractivity contribution in [2.24, 2.45) is 17.6 Å². The van der Waals surface area contributed by atoms with Gasteiger partial charge >= 0.3 is 0 Å². The van der Waals surface area contributed by atoms with Gasteiger partial charge in [0, 0.05) is 19.0 Å². The zero-order valence-electron chi connectivity index (χ0n) is 11.5. The van der Waals surface area contributed by atoms with Crippen LogP contribution >= 0.6 is 0 Å². The summed E-state index contributed by atoms with van der Waals surface area (Å²) in [5.74, 6) is 0.175. The highest BCUT2D eigenvalue weighted by atomic mass is 16.2. The summed E-state index contributed by atoms with van der Waals surface area (Å²) in [4.78, 5) is 23.8. The fraction of sp³-hybridized carbons (Fsp3) is 0.846. The molecule has 1 rings (SSSR count). The van der Waals surface area contributed by atoms with E-state index in [4.69, 9.17) is 5.73 Å². The molecule has 1 saturated carbocycles. The van der Waals surface area contributed by atoms with Crippen molar-refractivity contribution in [3.63, 3.8) is 0 Å². The largest absolute Gasteiger partial charge is 0.357 e. The Kier molecular flexibility index (Phi) is 5.59. The Labute approximate surface area is 109 Å². The van der Waals surface area contributed by atoms with Crippen molar-refractivity contribution in [3.05, 3.63) is 0 Å². The number of amides is 2. The van der Waals surface area contributed by atoms with Crippen molar-refractivity contribution >= 4 is 11.8 Å². The molecule has 18 heavy (non-hydrogen) atoms. The van der Waals surface area contributed by atoms with E-state index in [9.17, 15) is 9.59 Å². The molecule has 0 spiro atoms. The average molecular weight is 255 g/mol. The second kappa shape index (κ2) is 6.73. The van der Waals surface area contributed by atoms with Gasteiger partial charge in [-0.25, -0.2) is 0 Å². The second-order valence-corrected chi connectivity index (χ2v) is 5.58. The Morgan fingerprint density at radius 2 is 2.00 bits per heavy atom. The lowest BCUT2D eigenvalue weighted by molar-refractivity contribution is -0.131. The van der Waals surface area contributed by atoms with Crippen molar-refractivity contribution in [1.29, 1.82) is 0 Å². The van der Waals surface area contributed by atoms with E-state index >= 15 is 0 Å². The third kappa shape index (κ3) is 4.29. The predicted octanol–water partition coefficient (Wildman–Crippen LogP) is 0.391. The van der Waals surface area contributed by atoms with Crippen molar-refractivity contribution in [2.75, 3.05) is 7.05 Å². The van der Waals surface area contributed by atoms with Gasteiger partial charge in [-0.3, -0.25) is 9.59 Å². The number of hydrogen-bond acceptors (Lipinski definition) is 3. The normalized spacial score (nSPS) is 24.9. The minimum absolute atomic E-state index is 0.0284. The summed E-state index contributed by atoms with van der Waals surface area (Å²) in [6.07, 6.45) is 3.11. The summed E-state index contributed by atoms with van der Waals surface area (Å²) in [7, 11) is 1.59. The molecular formula is C13H25N3O2. The molecule has 4 N–H and O–H groups in total. The molecule has 1 aliphatic rings. The first kappa shape index (κ1) is 15.0. The molecule has 0 radical (unpaired) electrons. The number of carbonyl (C=O) groups is 2. The standard InChI is InChI=1S/C13H25N3O2/c1-8(2)6-11(13(18)15-3)16-12(17)9-4-5-10(14)7-9/h8-11H,4-7,14H2,1-3H3,(H,15,18)(H,16,17). The van der Waals surface area contributed by atoms with Crippen LogP contribution in [0.15, 0.2) is 0 Å². The van der Waals surface area contributed by atoms with Crippen LogP contribution in [-0.2, 0) is 9.59 Å². The first-order valence-corrected chi connectivity index (χ1v) is 6.71. The number of carbonyl (C=O) groups excluding carboxylic acids is 2. The van der Waals surface area contributed by atoms with E-state index in [2.05, 4.69) is 10.6 Å². The second-order valence-electron chi connectivity index (χ2n) is 5.58. The SMILES string of the molecule is CNC(=O)C(CC(C)C)NC(=O)C1CCC(N)C1. The highest BCUT2D eigenvalue weighted by Crippen LogP contribution is 2.24. The monoisotopic (exact) mass is 255 g/mol. The Hall–Kier alpha value is -1.10. The molecule has 1 aliphatic carbocycles. The first-order chi connectivity index (χ1) is 8.43. The number of hydrogen-bond donors (Lipinski definition) is 3. The lowest BCUT2D eigenvalue weighted by Gasteiger charge is -2.21. The van der Waals surface area contributed by atoms with Gasteiger partial charge in [-0.1, -0.05) is 13.8 Å². The van der Waals surface area contributed by atoms with Gasteiger partial charge < -0.3 is 16.4 Å². The first-order valence-electron chi connectivity index (χ1n) is 6.71. The molecule has 3 unspecified atom stereocenters. The molecule has 3 atom stereocenters. The summed E-state index contributed by atoms with van der Waals surface area (Å²) in [5.41, 5.74) is 5.80. The molecule has 5 nitrogen and oxygen atoms in total. The molecule has 0 aliphatic heterocycles. The summed E-state index contributed by atoms with van der Waals surface area (Å²) in [5, 5.41) is 5.45. The number of likely N-dealkylation sites (N-methyl/N-ethyl adjacent to an activating group) is 1. The van der Waals surface area contributed by atoms with Gasteiger partial charge in [0.2, 0.25) is 11.8 Å². The van der Waals surface area contributed by atoms with Gasteiger partial charge in [0.05, 0.1) is 0 Å². The van der Waals surface area contributed by atoms with Crippen LogP contribution in [0.1, 0.15) is 39.5 Å². The van der Waals surface area contributed by atoms with Crippen molar-refractivity contribution in [3.8, 4) is 0 Å². The lowest BCUT2D eigenvalue weighted by Crippen LogP contribution is -2.48. The molecule has 0 saturated heterocycles. The molecule has 0 aromatic heterocycles. The highest BCUT2D eigenvalue weighted by molar-refractivity contribution is 5.88. The summed E-state index contributed by atoms with van der Waals surface area (Å²) in [6.45, 7) is 4.07. The third-order valence-corrected chi connectivity index (χ3v) is 3.43. The zero-order valence-corrected chi connectivity index (χ0v) is 11.5. The predicted molar refractivity (Wildman–Crippen MR) is 70.8 cm³/mol. The third-order valence-electron chi connectivity index (χ3n) is 3.43. The van der Waals surface area contributed by atoms with Crippen molar-refractivity contribution in [2.45, 2.75) is 51.6 Å². The minimum Gasteiger partial charge on any atom is -0.357 e. The maximum Gasteiger partial charge on any atom is 0.242 e. The summed E-state index contributed by atoms with van der Waals surface area (Å²) in [6, 6.07) is -0.302. The van der Waals surface area contributed by atoms with Crippen molar-refractivity contribution in [1.82, 2.24) is 10.6 Å². The van der Waals surface area contributed by atoms with Crippen LogP contribution in [-0.4, -0.2) is 30.9 Å². The van der Waals surface area contributed by atoms with Crippen LogP contribution in [0.4, 0.5) is 0 Å². The Bertz CT molecular complexity index is 305. The van der Waals surface area contributed by atoms with Crippen LogP contribution < -0.4 is 16.4 Å². The van der Waals surface area contributed by atoms with Crippen LogP contribution in [0.3, 0.4) is 0 Å². The van der Waals surface area contributed by atoms with Crippen LogP contribution in [0.2, 0.25) is 0 Å². The van der Waals surface area contributed by atoms with E-state index in [1.165, 1.54) is 0 Å². The van der Waals surface area contributed by atoms with Gasteiger partial charge in [0.1, 0.15) is 6.04 Å². The lowest BCUT2D eigenvalue weighted by atomic mass is 10.0. The van der Waals surface area contributed by atoms with Crippen LogP contribution in [0, 0.1) is 11.8 Å². The van der Waals surface area contributed by atoms with Gasteiger partial charge in [-0.2, -0.15) is 0 Å². The maximum atomic E-state index is 12.1. The van der Waals surface area contributed by atoms with Crippen LogP contribution in [0.25, 0.3) is 0 Å². The summed E-state index contributed by atoms with van der Waals surface area (Å²) >= 11 is 0. The molecule has 0 aromatic rings. The summed E-state index contributed by atoms with van der Waals surface area (Å²) < 4.78 is 0. The van der Waals surface area contributed by atoms with E-state index < -0.39 is 6.04 Å². The maximum absolute atomic E-state index is 12.1. The minimum atomic E-state index is -0.431. The van der Waals surface area contributed by atoms with E-state index in [0.717, 1.165) is 19.3 Å². The Morgan fingerprint density at radius 1 is 1.33 bits per heavy atom. The molecule has 104 valence electrons. The van der Waals surface area contributed by atoms with Crippen molar-refractivity contribution < 1.29 is 9.59 Å². The molecule has 0 aromatic carbocycles. The van der Waals surface area contributed by atoms with E-state index in [0.29, 0.717) is 12.3 Å². The Morgan fingerprint density at radius 3 is 2.44 bits per heavy atom. The van der Waals surface area contributed by atoms with Gasteiger partial charge in [0.25, 0.3) is 0 Å². The Balaban J connectivity index is 2.54. The number of nitrogens with two attached hydrogens (primary N) is 1. The topological polar surface area (TPSA) is 84.2 Å². The highest BCUT2D eigenvalue weighted by Gasteiger charge is 2.30. The van der Waals surface area contributed by atoms with Gasteiger partial charge in [-0.15, -0.1) is 0 Å². The van der Waals surface area contributed by atoms with Gasteiger partial charge in [0.15, 0.2) is 0 Å². The van der Waals surface area contributed by atoms with Crippen LogP contribution in [0.5, 0.6) is 0 Å². The average Bonchev–Trinajstić information content (AvgIpc) is 2.73. The molecule has 1 fully saturated rings. The zero-order chi connectivity index (χ0) is 13.7. The van der Waals surface area contributed by atoms with E-state index in [1.54, 1.807) is 7.05 Å². The smallest absolute Gasteiger partial charge is 0.242 e. The molecular weight excluding hydrogens is 230 g/mol.